The van der Waals surface area contributed by atoms with Crippen LogP contribution in [0.2, 0.25) is 0 Å². The minimum atomic E-state index is -0.896. The van der Waals surface area contributed by atoms with Gasteiger partial charge >= 0.3 is 5.97 Å². The van der Waals surface area contributed by atoms with E-state index in [2.05, 4.69) is 15.9 Å². The number of hydrogen-bond acceptors (Lipinski definition) is 2. The largest absolute Gasteiger partial charge is 0.481 e. The van der Waals surface area contributed by atoms with Crippen LogP contribution in [0.15, 0.2) is 40.9 Å². The Hall–Kier alpha value is -1.62. The molecule has 0 unspecified atom stereocenters. The first kappa shape index (κ1) is 15.8. The van der Waals surface area contributed by atoms with Crippen LogP contribution in [0.25, 0.3) is 0 Å². The number of carbonyl (C=O) groups excluding carboxylic acids is 1. The number of nitrogens with zero attached hydrogens (tertiary/aromatic N) is 1. The summed E-state index contributed by atoms with van der Waals surface area (Å²) in [4.78, 5) is 25.4. The van der Waals surface area contributed by atoms with Crippen LogP contribution in [0, 0.1) is 11.8 Å². The Bertz CT molecular complexity index is 570. The molecule has 5 heteroatoms. The molecule has 0 aromatic heterocycles. The average Bonchev–Trinajstić information content (AvgIpc) is 2.48. The van der Waals surface area contributed by atoms with Gasteiger partial charge in [-0.25, -0.2) is 0 Å². The number of halogens is 1. The summed E-state index contributed by atoms with van der Waals surface area (Å²) in [5, 5.41) is 9.26. The predicted molar refractivity (Wildman–Crippen MR) is 83.6 cm³/mol. The predicted octanol–water partition coefficient (Wildman–Crippen LogP) is 3.07. The topological polar surface area (TPSA) is 57.6 Å². The van der Waals surface area contributed by atoms with Gasteiger partial charge in [0.05, 0.1) is 11.8 Å². The first-order chi connectivity index (χ1) is 10.0. The number of hydrogen-bond donors (Lipinski definition) is 1. The van der Waals surface area contributed by atoms with Crippen molar-refractivity contribution >= 4 is 27.8 Å². The Balaban J connectivity index is 2.10. The van der Waals surface area contributed by atoms with E-state index in [1.54, 1.807) is 11.9 Å². The summed E-state index contributed by atoms with van der Waals surface area (Å²) in [6.07, 6.45) is 4.66. The van der Waals surface area contributed by atoms with Gasteiger partial charge in [0.25, 0.3) is 0 Å². The lowest BCUT2D eigenvalue weighted by Crippen LogP contribution is -2.39. The van der Waals surface area contributed by atoms with Crippen LogP contribution in [0.3, 0.4) is 0 Å². The van der Waals surface area contributed by atoms with Crippen molar-refractivity contribution in [1.82, 2.24) is 4.90 Å². The van der Waals surface area contributed by atoms with E-state index in [1.165, 1.54) is 0 Å². The average molecular weight is 352 g/mol. The number of rotatable bonds is 4. The third-order valence-corrected chi connectivity index (χ3v) is 4.58. The Morgan fingerprint density at radius 3 is 2.48 bits per heavy atom. The molecule has 0 bridgehead atoms. The maximum Gasteiger partial charge on any atom is 0.307 e. The van der Waals surface area contributed by atoms with Gasteiger partial charge in [-0.3, -0.25) is 9.59 Å². The van der Waals surface area contributed by atoms with Gasteiger partial charge in [0.15, 0.2) is 0 Å². The van der Waals surface area contributed by atoms with E-state index in [0.29, 0.717) is 19.4 Å². The maximum absolute atomic E-state index is 12.5. The molecule has 0 aliphatic heterocycles. The molecular formula is C16H18BrNO3. The molecule has 1 amide bonds. The molecule has 0 spiro atoms. The molecule has 112 valence electrons. The van der Waals surface area contributed by atoms with Crippen LogP contribution in [0.1, 0.15) is 18.4 Å². The van der Waals surface area contributed by atoms with Crippen LogP contribution in [-0.4, -0.2) is 28.9 Å². The molecule has 2 rings (SSSR count). The Morgan fingerprint density at radius 2 is 1.86 bits per heavy atom. The Morgan fingerprint density at radius 1 is 1.24 bits per heavy atom. The van der Waals surface area contributed by atoms with Gasteiger partial charge in [0, 0.05) is 18.1 Å². The van der Waals surface area contributed by atoms with Crippen molar-refractivity contribution in [1.29, 1.82) is 0 Å². The van der Waals surface area contributed by atoms with Crippen LogP contribution in [0.4, 0.5) is 0 Å². The zero-order valence-electron chi connectivity index (χ0n) is 11.8. The number of carbonyl (C=O) groups is 2. The highest BCUT2D eigenvalue weighted by Gasteiger charge is 2.35. The van der Waals surface area contributed by atoms with E-state index in [1.807, 2.05) is 36.4 Å². The monoisotopic (exact) mass is 351 g/mol. The summed E-state index contributed by atoms with van der Waals surface area (Å²) in [6, 6.07) is 7.71. The fraction of sp³-hybridized carbons (Fsp3) is 0.375. The highest BCUT2D eigenvalue weighted by atomic mass is 79.9. The Kier molecular flexibility index (Phi) is 5.17. The molecule has 0 saturated heterocycles. The van der Waals surface area contributed by atoms with Crippen LogP contribution >= 0.6 is 15.9 Å². The zero-order chi connectivity index (χ0) is 15.4. The van der Waals surface area contributed by atoms with Crippen molar-refractivity contribution in [2.75, 3.05) is 7.05 Å². The molecule has 0 fully saturated rings. The van der Waals surface area contributed by atoms with Gasteiger partial charge in [-0.2, -0.15) is 0 Å². The summed E-state index contributed by atoms with van der Waals surface area (Å²) >= 11 is 3.46. The summed E-state index contributed by atoms with van der Waals surface area (Å²) in [5.41, 5.74) is 1.01. The van der Waals surface area contributed by atoms with Gasteiger partial charge in [-0.1, -0.05) is 46.3 Å². The van der Waals surface area contributed by atoms with Crippen molar-refractivity contribution < 1.29 is 14.7 Å². The SMILES string of the molecule is CN(Cc1ccccc1Br)C(=O)[C@@H]1CC=CC[C@@H]1C(=O)O. The van der Waals surface area contributed by atoms with Gasteiger partial charge in [0.2, 0.25) is 5.91 Å². The summed E-state index contributed by atoms with van der Waals surface area (Å²) < 4.78 is 0.947. The second-order valence-electron chi connectivity index (χ2n) is 5.28. The van der Waals surface area contributed by atoms with Crippen LogP contribution in [0.5, 0.6) is 0 Å². The number of amides is 1. The lowest BCUT2D eigenvalue weighted by atomic mass is 9.82. The molecule has 1 aromatic rings. The van der Waals surface area contributed by atoms with E-state index < -0.39 is 17.8 Å². The standard InChI is InChI=1S/C16H18BrNO3/c1-18(10-11-6-2-5-9-14(11)17)15(19)12-7-3-4-8-13(12)16(20)21/h2-6,9,12-13H,7-8,10H2,1H3,(H,20,21)/t12-,13+/m1/s1. The fourth-order valence-corrected chi connectivity index (χ4v) is 3.01. The second kappa shape index (κ2) is 6.89. The lowest BCUT2D eigenvalue weighted by molar-refractivity contribution is -0.150. The smallest absolute Gasteiger partial charge is 0.307 e. The number of carboxylic acid groups (broad SMARTS) is 1. The molecule has 0 radical (unpaired) electrons. The van der Waals surface area contributed by atoms with Crippen LogP contribution < -0.4 is 0 Å². The van der Waals surface area contributed by atoms with Crippen molar-refractivity contribution in [2.24, 2.45) is 11.8 Å². The maximum atomic E-state index is 12.5. The first-order valence-electron chi connectivity index (χ1n) is 6.87. The van der Waals surface area contributed by atoms with Crippen LogP contribution in [-0.2, 0) is 16.1 Å². The molecule has 0 saturated carbocycles. The van der Waals surface area contributed by atoms with E-state index >= 15 is 0 Å². The van der Waals surface area contributed by atoms with Gasteiger partial charge in [-0.05, 0) is 24.5 Å². The number of allylic oxidation sites excluding steroid dienone is 2. The number of benzene rings is 1. The van der Waals surface area contributed by atoms with Crippen molar-refractivity contribution in [3.63, 3.8) is 0 Å². The molecule has 1 aromatic carbocycles. The molecule has 1 aliphatic rings. The summed E-state index contributed by atoms with van der Waals surface area (Å²) in [6.45, 7) is 0.465. The highest BCUT2D eigenvalue weighted by molar-refractivity contribution is 9.10. The van der Waals surface area contributed by atoms with Crippen molar-refractivity contribution in [3.8, 4) is 0 Å². The van der Waals surface area contributed by atoms with Gasteiger partial charge in [-0.15, -0.1) is 0 Å². The zero-order valence-corrected chi connectivity index (χ0v) is 13.4. The van der Waals surface area contributed by atoms with E-state index in [4.69, 9.17) is 0 Å². The van der Waals surface area contributed by atoms with Gasteiger partial charge in [0.1, 0.15) is 0 Å². The third-order valence-electron chi connectivity index (χ3n) is 3.81. The molecule has 4 nitrogen and oxygen atoms in total. The molecular weight excluding hydrogens is 334 g/mol. The highest BCUT2D eigenvalue weighted by Crippen LogP contribution is 2.28. The normalized spacial score (nSPS) is 21.0. The lowest BCUT2D eigenvalue weighted by Gasteiger charge is -2.29. The summed E-state index contributed by atoms with van der Waals surface area (Å²) in [5.74, 6) is -2.10. The number of carboxylic acids is 1. The second-order valence-corrected chi connectivity index (χ2v) is 6.13. The van der Waals surface area contributed by atoms with Gasteiger partial charge < -0.3 is 10.0 Å². The molecule has 2 atom stereocenters. The number of aliphatic carboxylic acids is 1. The van der Waals surface area contributed by atoms with E-state index in [9.17, 15) is 14.7 Å². The Labute approximate surface area is 132 Å². The molecule has 1 aliphatic carbocycles. The van der Waals surface area contributed by atoms with Crippen molar-refractivity contribution in [2.45, 2.75) is 19.4 Å². The quantitative estimate of drug-likeness (QED) is 0.848. The van der Waals surface area contributed by atoms with E-state index in [-0.39, 0.29) is 5.91 Å². The van der Waals surface area contributed by atoms with E-state index in [0.717, 1.165) is 10.0 Å². The minimum absolute atomic E-state index is 0.109. The molecule has 1 N–H and O–H groups in total. The minimum Gasteiger partial charge on any atom is -0.481 e. The first-order valence-corrected chi connectivity index (χ1v) is 7.66. The molecule has 0 heterocycles. The summed E-state index contributed by atoms with van der Waals surface area (Å²) in [7, 11) is 1.72. The fourth-order valence-electron chi connectivity index (χ4n) is 2.60. The van der Waals surface area contributed by atoms with Crippen molar-refractivity contribution in [3.05, 3.63) is 46.5 Å². The third kappa shape index (κ3) is 3.73. The molecule has 21 heavy (non-hydrogen) atoms.